The van der Waals surface area contributed by atoms with Crippen LogP contribution in [-0.2, 0) is 26.2 Å². The molecule has 0 fully saturated rings. The summed E-state index contributed by atoms with van der Waals surface area (Å²) in [6.07, 6.45) is 1.69. The molecule has 3 rings (SSSR count). The molecule has 0 radical (unpaired) electrons. The van der Waals surface area contributed by atoms with Crippen LogP contribution in [0.3, 0.4) is 0 Å². The highest BCUT2D eigenvalue weighted by Gasteiger charge is 2.33. The lowest BCUT2D eigenvalue weighted by molar-refractivity contribution is -0.139. The van der Waals surface area contributed by atoms with Gasteiger partial charge in [-0.3, -0.25) is 13.9 Å². The Morgan fingerprint density at radius 2 is 1.73 bits per heavy atom. The van der Waals surface area contributed by atoms with Crippen molar-refractivity contribution in [1.82, 2.24) is 10.2 Å². The molecule has 40 heavy (non-hydrogen) atoms. The van der Waals surface area contributed by atoms with Gasteiger partial charge in [0.25, 0.3) is 10.0 Å². The number of carbonyl (C=O) groups excluding carboxylic acids is 2. The van der Waals surface area contributed by atoms with E-state index in [1.807, 2.05) is 6.92 Å². The highest BCUT2D eigenvalue weighted by molar-refractivity contribution is 7.92. The smallest absolute Gasteiger partial charge is 0.264 e. The zero-order valence-electron chi connectivity index (χ0n) is 22.6. The van der Waals surface area contributed by atoms with Crippen molar-refractivity contribution in [2.75, 3.05) is 24.5 Å². The number of halogens is 2. The van der Waals surface area contributed by atoms with Crippen LogP contribution >= 0.6 is 23.2 Å². The summed E-state index contributed by atoms with van der Waals surface area (Å²) in [5.41, 5.74) is 0.799. The molecular formula is C29H33Cl2N3O5S. The third-order valence-corrected chi connectivity index (χ3v) is 8.58. The molecule has 0 bridgehead atoms. The number of nitrogens with one attached hydrogen (secondary N) is 1. The van der Waals surface area contributed by atoms with Gasteiger partial charge in [-0.1, -0.05) is 66.9 Å². The van der Waals surface area contributed by atoms with E-state index in [0.29, 0.717) is 22.9 Å². The van der Waals surface area contributed by atoms with Gasteiger partial charge in [0.15, 0.2) is 0 Å². The number of ether oxygens (including phenoxy) is 1. The molecule has 2 amide bonds. The van der Waals surface area contributed by atoms with Crippen molar-refractivity contribution in [2.45, 2.75) is 44.2 Å². The molecule has 0 aliphatic heterocycles. The molecule has 0 aliphatic carbocycles. The molecule has 3 aromatic carbocycles. The molecule has 3 aromatic rings. The van der Waals surface area contributed by atoms with Crippen molar-refractivity contribution in [2.24, 2.45) is 0 Å². The number of sulfonamides is 1. The number of anilines is 1. The van der Waals surface area contributed by atoms with Crippen LogP contribution in [0, 0.1) is 0 Å². The van der Waals surface area contributed by atoms with E-state index in [2.05, 4.69) is 5.32 Å². The lowest BCUT2D eigenvalue weighted by atomic mass is 10.1. The van der Waals surface area contributed by atoms with Gasteiger partial charge in [-0.15, -0.1) is 0 Å². The minimum atomic E-state index is -4.23. The molecule has 0 spiro atoms. The van der Waals surface area contributed by atoms with Gasteiger partial charge in [0.05, 0.1) is 22.7 Å². The summed E-state index contributed by atoms with van der Waals surface area (Å²) in [5, 5.41) is 3.23. The molecule has 214 valence electrons. The first kappa shape index (κ1) is 31.3. The van der Waals surface area contributed by atoms with E-state index in [1.165, 1.54) is 42.3 Å². The average Bonchev–Trinajstić information content (AvgIpc) is 2.95. The Balaban J connectivity index is 2.03. The van der Waals surface area contributed by atoms with Gasteiger partial charge >= 0.3 is 0 Å². The number of amides is 2. The summed E-state index contributed by atoms with van der Waals surface area (Å²) >= 11 is 12.5. The third-order valence-electron chi connectivity index (χ3n) is 6.27. The maximum atomic E-state index is 14.0. The normalized spacial score (nSPS) is 11.9. The molecule has 0 saturated carbocycles. The monoisotopic (exact) mass is 605 g/mol. The predicted octanol–water partition coefficient (Wildman–Crippen LogP) is 5.53. The fraction of sp³-hybridized carbons (Fsp3) is 0.310. The molecule has 1 N–H and O–H groups in total. The van der Waals surface area contributed by atoms with Gasteiger partial charge in [0, 0.05) is 18.1 Å². The maximum absolute atomic E-state index is 14.0. The number of carbonyl (C=O) groups is 2. The van der Waals surface area contributed by atoms with Gasteiger partial charge in [0.1, 0.15) is 18.3 Å². The summed E-state index contributed by atoms with van der Waals surface area (Å²) in [6, 6.07) is 18.3. The first-order chi connectivity index (χ1) is 19.1. The van der Waals surface area contributed by atoms with Crippen molar-refractivity contribution in [3.63, 3.8) is 0 Å². The quantitative estimate of drug-likeness (QED) is 0.258. The molecule has 0 heterocycles. The molecule has 0 aliphatic rings. The van der Waals surface area contributed by atoms with E-state index in [0.717, 1.165) is 17.1 Å². The van der Waals surface area contributed by atoms with Crippen LogP contribution in [0.4, 0.5) is 5.69 Å². The molecule has 0 aromatic heterocycles. The number of methoxy groups -OCH3 is 1. The number of rotatable bonds is 13. The summed E-state index contributed by atoms with van der Waals surface area (Å²) in [4.78, 5) is 28.3. The lowest BCUT2D eigenvalue weighted by Gasteiger charge is -2.32. The maximum Gasteiger partial charge on any atom is 0.264 e. The van der Waals surface area contributed by atoms with Gasteiger partial charge in [-0.25, -0.2) is 8.42 Å². The van der Waals surface area contributed by atoms with Crippen LogP contribution in [0.25, 0.3) is 0 Å². The Morgan fingerprint density at radius 1 is 1.00 bits per heavy atom. The van der Waals surface area contributed by atoms with E-state index in [-0.39, 0.29) is 28.1 Å². The van der Waals surface area contributed by atoms with E-state index < -0.39 is 28.5 Å². The number of benzene rings is 3. The van der Waals surface area contributed by atoms with Crippen LogP contribution < -0.4 is 14.4 Å². The fourth-order valence-corrected chi connectivity index (χ4v) is 6.02. The summed E-state index contributed by atoms with van der Waals surface area (Å²) < 4.78 is 33.9. The molecule has 0 unspecified atom stereocenters. The summed E-state index contributed by atoms with van der Waals surface area (Å²) in [5.74, 6) is -0.343. The highest BCUT2D eigenvalue weighted by atomic mass is 35.5. The van der Waals surface area contributed by atoms with Gasteiger partial charge in [0.2, 0.25) is 11.8 Å². The predicted molar refractivity (Wildman–Crippen MR) is 158 cm³/mol. The SMILES string of the molecule is CCCCNC(=O)[C@H](C)N(Cc1cccc(OC)c1)C(=O)CN(c1ccc(Cl)cc1Cl)S(=O)(=O)c1ccccc1. The molecule has 8 nitrogen and oxygen atoms in total. The first-order valence-electron chi connectivity index (χ1n) is 12.8. The third kappa shape index (κ3) is 7.90. The second kappa shape index (κ2) is 14.4. The van der Waals surface area contributed by atoms with E-state index in [4.69, 9.17) is 27.9 Å². The first-order valence-corrected chi connectivity index (χ1v) is 15.0. The number of unbranched alkanes of at least 4 members (excludes halogenated alkanes) is 1. The second-order valence-corrected chi connectivity index (χ2v) is 11.8. The zero-order chi connectivity index (χ0) is 29.3. The van der Waals surface area contributed by atoms with Gasteiger partial charge in [-0.2, -0.15) is 0 Å². The van der Waals surface area contributed by atoms with Gasteiger partial charge in [-0.05, 0) is 61.4 Å². The van der Waals surface area contributed by atoms with Crippen LogP contribution in [0.1, 0.15) is 32.3 Å². The van der Waals surface area contributed by atoms with Crippen LogP contribution in [0.5, 0.6) is 5.75 Å². The average molecular weight is 607 g/mol. The zero-order valence-corrected chi connectivity index (χ0v) is 25.0. The van der Waals surface area contributed by atoms with Crippen molar-refractivity contribution >= 4 is 50.7 Å². The Bertz CT molecular complexity index is 1420. The summed E-state index contributed by atoms with van der Waals surface area (Å²) in [7, 11) is -2.69. The highest BCUT2D eigenvalue weighted by Crippen LogP contribution is 2.33. The Kier molecular flexibility index (Phi) is 11.2. The van der Waals surface area contributed by atoms with Gasteiger partial charge < -0.3 is 15.0 Å². The topological polar surface area (TPSA) is 96.0 Å². The molecule has 1 atom stereocenters. The standard InChI is InChI=1S/C29H33Cl2N3O5S/c1-4-5-16-32-29(36)21(2)33(19-22-10-9-11-24(17-22)39-3)28(35)20-34(27-15-14-23(30)18-26(27)31)40(37,38)25-12-7-6-8-13-25/h6-15,17-18,21H,4-5,16,19-20H2,1-3H3,(H,32,36)/t21-/m0/s1. The van der Waals surface area contributed by atoms with Crippen LogP contribution in [0.15, 0.2) is 77.7 Å². The molecule has 0 saturated heterocycles. The number of hydrogen-bond donors (Lipinski definition) is 1. The van der Waals surface area contributed by atoms with Crippen LogP contribution in [0.2, 0.25) is 10.0 Å². The van der Waals surface area contributed by atoms with Crippen molar-refractivity contribution in [3.05, 3.63) is 88.4 Å². The minimum Gasteiger partial charge on any atom is -0.497 e. The fourth-order valence-electron chi connectivity index (χ4n) is 4.00. The summed E-state index contributed by atoms with van der Waals surface area (Å²) in [6.45, 7) is 3.54. The Morgan fingerprint density at radius 3 is 2.38 bits per heavy atom. The van der Waals surface area contributed by atoms with Crippen molar-refractivity contribution in [3.8, 4) is 5.75 Å². The Labute approximate surface area is 245 Å². The molecular weight excluding hydrogens is 573 g/mol. The van der Waals surface area contributed by atoms with Crippen LogP contribution in [-0.4, -0.2) is 51.4 Å². The number of hydrogen-bond acceptors (Lipinski definition) is 5. The van der Waals surface area contributed by atoms with E-state index in [9.17, 15) is 18.0 Å². The number of nitrogens with zero attached hydrogens (tertiary/aromatic N) is 2. The largest absolute Gasteiger partial charge is 0.497 e. The lowest BCUT2D eigenvalue weighted by Crippen LogP contribution is -2.51. The van der Waals surface area contributed by atoms with Crippen molar-refractivity contribution < 1.29 is 22.7 Å². The van der Waals surface area contributed by atoms with Crippen molar-refractivity contribution in [1.29, 1.82) is 0 Å². The second-order valence-electron chi connectivity index (χ2n) is 9.11. The minimum absolute atomic E-state index is 0.0153. The van der Waals surface area contributed by atoms with E-state index >= 15 is 0 Å². The molecule has 11 heteroatoms. The Hall–Kier alpha value is -3.27. The van der Waals surface area contributed by atoms with E-state index in [1.54, 1.807) is 49.4 Å².